The van der Waals surface area contributed by atoms with Crippen molar-refractivity contribution in [2.24, 2.45) is 5.10 Å². The number of hydrogen-bond donors (Lipinski definition) is 0. The number of hydrogen-bond acceptors (Lipinski definition) is 3. The van der Waals surface area contributed by atoms with E-state index < -0.39 is 0 Å². The summed E-state index contributed by atoms with van der Waals surface area (Å²) in [5.41, 5.74) is 0.579. The number of para-hydroxylation sites is 1. The summed E-state index contributed by atoms with van der Waals surface area (Å²) in [6, 6.07) is 7.31. The summed E-state index contributed by atoms with van der Waals surface area (Å²) in [6.07, 6.45) is 6.89. The van der Waals surface area contributed by atoms with Crippen molar-refractivity contribution in [3.8, 4) is 0 Å². The largest absolute Gasteiger partial charge is 0.361 e. The van der Waals surface area contributed by atoms with Gasteiger partial charge in [0.1, 0.15) is 12.7 Å². The van der Waals surface area contributed by atoms with Crippen LogP contribution in [-0.2, 0) is 0 Å². The predicted molar refractivity (Wildman–Crippen MR) is 75.3 cm³/mol. The molecule has 0 N–H and O–H groups in total. The molecule has 0 bridgehead atoms. The maximum Gasteiger partial charge on any atom is 0.281 e. The minimum absolute atomic E-state index is 0.126. The molecule has 0 unspecified atom stereocenters. The van der Waals surface area contributed by atoms with Crippen molar-refractivity contribution in [3.63, 3.8) is 0 Å². The Bertz CT molecular complexity index is 656. The lowest BCUT2D eigenvalue weighted by Gasteiger charge is -2.23. The van der Waals surface area contributed by atoms with Gasteiger partial charge in [0.2, 0.25) is 0 Å². The van der Waals surface area contributed by atoms with Gasteiger partial charge in [-0.1, -0.05) is 12.1 Å². The fourth-order valence-corrected chi connectivity index (χ4v) is 2.30. The van der Waals surface area contributed by atoms with Gasteiger partial charge in [0.25, 0.3) is 5.56 Å². The van der Waals surface area contributed by atoms with Crippen LogP contribution in [-0.4, -0.2) is 34.0 Å². The number of aromatic nitrogens is 2. The SMILES string of the molecule is O=c1c2ccccc2ncn1/N=C\N1CCCCC1. The number of likely N-dealkylation sites (tertiary alicyclic amines) is 1. The van der Waals surface area contributed by atoms with Crippen LogP contribution in [0.4, 0.5) is 0 Å². The Morgan fingerprint density at radius 1 is 1.16 bits per heavy atom. The molecule has 19 heavy (non-hydrogen) atoms. The van der Waals surface area contributed by atoms with Crippen LogP contribution in [0, 0.1) is 0 Å². The van der Waals surface area contributed by atoms with Crippen molar-refractivity contribution in [1.82, 2.24) is 14.6 Å². The van der Waals surface area contributed by atoms with E-state index in [1.165, 1.54) is 30.3 Å². The van der Waals surface area contributed by atoms with Crippen LogP contribution in [0.5, 0.6) is 0 Å². The predicted octanol–water partition coefficient (Wildman–Crippen LogP) is 1.67. The van der Waals surface area contributed by atoms with Gasteiger partial charge in [-0.15, -0.1) is 0 Å². The summed E-state index contributed by atoms with van der Waals surface area (Å²) in [5, 5.41) is 4.82. The highest BCUT2D eigenvalue weighted by molar-refractivity contribution is 5.76. The van der Waals surface area contributed by atoms with Gasteiger partial charge >= 0.3 is 0 Å². The van der Waals surface area contributed by atoms with Gasteiger partial charge < -0.3 is 4.90 Å². The molecule has 1 aromatic carbocycles. The molecule has 0 amide bonds. The Balaban J connectivity index is 1.90. The number of piperidine rings is 1. The van der Waals surface area contributed by atoms with Crippen molar-refractivity contribution in [3.05, 3.63) is 40.9 Å². The van der Waals surface area contributed by atoms with Crippen LogP contribution < -0.4 is 5.56 Å². The standard InChI is InChI=1S/C14H16N4O/c19-14-12-6-2-3-7-13(12)15-10-18(14)16-11-17-8-4-1-5-9-17/h2-3,6-7,10-11H,1,4-5,8-9H2/b16-11-. The van der Waals surface area contributed by atoms with E-state index in [9.17, 15) is 4.79 Å². The molecule has 2 heterocycles. The highest BCUT2D eigenvalue weighted by atomic mass is 16.1. The summed E-state index contributed by atoms with van der Waals surface area (Å²) in [7, 11) is 0. The maximum atomic E-state index is 12.2. The third-order valence-corrected chi connectivity index (χ3v) is 3.38. The Hall–Kier alpha value is -2.17. The minimum atomic E-state index is -0.126. The van der Waals surface area contributed by atoms with E-state index in [0.29, 0.717) is 10.9 Å². The number of rotatable bonds is 2. The van der Waals surface area contributed by atoms with Crippen molar-refractivity contribution in [2.75, 3.05) is 13.1 Å². The summed E-state index contributed by atoms with van der Waals surface area (Å²) >= 11 is 0. The first-order valence-corrected chi connectivity index (χ1v) is 6.59. The van der Waals surface area contributed by atoms with Crippen LogP contribution in [0.25, 0.3) is 10.9 Å². The Kier molecular flexibility index (Phi) is 3.27. The van der Waals surface area contributed by atoms with Crippen molar-refractivity contribution >= 4 is 17.2 Å². The molecular weight excluding hydrogens is 240 g/mol. The van der Waals surface area contributed by atoms with E-state index in [-0.39, 0.29) is 5.56 Å². The second-order valence-corrected chi connectivity index (χ2v) is 4.74. The molecule has 0 spiro atoms. The molecule has 0 radical (unpaired) electrons. The molecule has 5 nitrogen and oxygen atoms in total. The third kappa shape index (κ3) is 2.50. The molecule has 1 aromatic heterocycles. The molecule has 2 aromatic rings. The summed E-state index contributed by atoms with van der Waals surface area (Å²) in [5.74, 6) is 0. The lowest BCUT2D eigenvalue weighted by molar-refractivity contribution is 0.349. The highest BCUT2D eigenvalue weighted by Crippen LogP contribution is 2.07. The van der Waals surface area contributed by atoms with Crippen LogP contribution >= 0.6 is 0 Å². The first-order valence-electron chi connectivity index (χ1n) is 6.59. The van der Waals surface area contributed by atoms with E-state index in [1.807, 2.05) is 18.2 Å². The average molecular weight is 256 g/mol. The maximum absolute atomic E-state index is 12.2. The zero-order valence-corrected chi connectivity index (χ0v) is 10.7. The first kappa shape index (κ1) is 11.9. The molecule has 0 aliphatic carbocycles. The van der Waals surface area contributed by atoms with Crippen LogP contribution in [0.3, 0.4) is 0 Å². The Labute approximate surface area is 111 Å². The quantitative estimate of drug-likeness (QED) is 0.606. The number of benzene rings is 1. The van der Waals surface area contributed by atoms with Crippen molar-refractivity contribution < 1.29 is 0 Å². The third-order valence-electron chi connectivity index (χ3n) is 3.38. The van der Waals surface area contributed by atoms with Gasteiger partial charge in [0.15, 0.2) is 0 Å². The second kappa shape index (κ2) is 5.22. The molecule has 1 fully saturated rings. The zero-order valence-electron chi connectivity index (χ0n) is 10.7. The summed E-state index contributed by atoms with van der Waals surface area (Å²) < 4.78 is 1.30. The van der Waals surface area contributed by atoms with Gasteiger partial charge in [-0.05, 0) is 31.4 Å². The molecule has 1 aliphatic rings. The summed E-state index contributed by atoms with van der Waals surface area (Å²) in [4.78, 5) is 18.6. The molecule has 0 atom stereocenters. The van der Waals surface area contributed by atoms with E-state index >= 15 is 0 Å². The van der Waals surface area contributed by atoms with Gasteiger partial charge in [-0.25, -0.2) is 4.98 Å². The van der Waals surface area contributed by atoms with Gasteiger partial charge in [0, 0.05) is 13.1 Å². The van der Waals surface area contributed by atoms with Crippen LogP contribution in [0.2, 0.25) is 0 Å². The fraction of sp³-hybridized carbons (Fsp3) is 0.357. The smallest absolute Gasteiger partial charge is 0.281 e. The van der Waals surface area contributed by atoms with Crippen LogP contribution in [0.15, 0.2) is 40.5 Å². The second-order valence-electron chi connectivity index (χ2n) is 4.74. The van der Waals surface area contributed by atoms with E-state index in [4.69, 9.17) is 0 Å². The normalized spacial score (nSPS) is 16.3. The molecular formula is C14H16N4O. The van der Waals surface area contributed by atoms with Crippen molar-refractivity contribution in [2.45, 2.75) is 19.3 Å². The molecule has 1 saturated heterocycles. The van der Waals surface area contributed by atoms with Gasteiger partial charge in [0.05, 0.1) is 10.9 Å². The summed E-state index contributed by atoms with van der Waals surface area (Å²) in [6.45, 7) is 2.03. The van der Waals surface area contributed by atoms with E-state index in [2.05, 4.69) is 15.0 Å². The lowest BCUT2D eigenvalue weighted by Crippen LogP contribution is -2.29. The highest BCUT2D eigenvalue weighted by Gasteiger charge is 2.06. The Morgan fingerprint density at radius 2 is 1.95 bits per heavy atom. The molecule has 3 rings (SSSR count). The molecule has 1 aliphatic heterocycles. The Morgan fingerprint density at radius 3 is 2.79 bits per heavy atom. The topological polar surface area (TPSA) is 50.5 Å². The van der Waals surface area contributed by atoms with E-state index in [0.717, 1.165) is 13.1 Å². The lowest BCUT2D eigenvalue weighted by atomic mass is 10.1. The van der Waals surface area contributed by atoms with Gasteiger partial charge in [-0.2, -0.15) is 9.78 Å². The number of nitrogens with zero attached hydrogens (tertiary/aromatic N) is 4. The minimum Gasteiger partial charge on any atom is -0.361 e. The average Bonchev–Trinajstić information content (AvgIpc) is 2.48. The monoisotopic (exact) mass is 256 g/mol. The van der Waals surface area contributed by atoms with Crippen molar-refractivity contribution in [1.29, 1.82) is 0 Å². The van der Waals surface area contributed by atoms with Crippen LogP contribution in [0.1, 0.15) is 19.3 Å². The fourth-order valence-electron chi connectivity index (χ4n) is 2.30. The number of fused-ring (bicyclic) bond motifs is 1. The first-order chi connectivity index (χ1) is 9.34. The zero-order chi connectivity index (χ0) is 13.1. The van der Waals surface area contributed by atoms with Gasteiger partial charge in [-0.3, -0.25) is 4.79 Å². The molecule has 98 valence electrons. The molecule has 5 heteroatoms. The molecule has 0 saturated carbocycles. The van der Waals surface area contributed by atoms with E-state index in [1.54, 1.807) is 12.4 Å².